The zero-order chi connectivity index (χ0) is 16.8. The molecule has 0 unspecified atom stereocenters. The Bertz CT molecular complexity index is 651. The van der Waals surface area contributed by atoms with Crippen LogP contribution in [0, 0.1) is 0 Å². The van der Waals surface area contributed by atoms with Gasteiger partial charge in [0.05, 0.1) is 0 Å². The van der Waals surface area contributed by atoms with Crippen LogP contribution in [0.25, 0.3) is 0 Å². The van der Waals surface area contributed by atoms with E-state index in [1.807, 2.05) is 54.6 Å². The number of nitrogens with zero attached hydrogens (tertiary/aromatic N) is 2. The van der Waals surface area contributed by atoms with Crippen molar-refractivity contribution < 1.29 is 0 Å². The minimum atomic E-state index is 0.628. The van der Waals surface area contributed by atoms with Crippen LogP contribution in [0.3, 0.4) is 0 Å². The molecule has 1 fully saturated rings. The Labute approximate surface area is 148 Å². The Morgan fingerprint density at radius 1 is 0.833 bits per heavy atom. The van der Waals surface area contributed by atoms with Gasteiger partial charge < -0.3 is 15.5 Å². The van der Waals surface area contributed by atoms with Gasteiger partial charge in [0, 0.05) is 43.2 Å². The van der Waals surface area contributed by atoms with E-state index >= 15 is 0 Å². The fourth-order valence-corrected chi connectivity index (χ4v) is 2.79. The van der Waals surface area contributed by atoms with Gasteiger partial charge in [-0.05, 0) is 55.7 Å². The van der Waals surface area contributed by atoms with E-state index in [-0.39, 0.29) is 0 Å². The molecule has 0 aliphatic carbocycles. The maximum absolute atomic E-state index is 5.39. The SMILES string of the molecule is CN1CCN(NC(=S)Nc2ccc(Nc3ccccc3)cc2)CC1. The molecule has 1 aliphatic rings. The van der Waals surface area contributed by atoms with Crippen molar-refractivity contribution in [1.82, 2.24) is 15.3 Å². The van der Waals surface area contributed by atoms with Crippen LogP contribution in [0.1, 0.15) is 0 Å². The molecular formula is C18H23N5S. The highest BCUT2D eigenvalue weighted by Gasteiger charge is 2.14. The van der Waals surface area contributed by atoms with Gasteiger partial charge in [-0.15, -0.1) is 0 Å². The molecule has 0 radical (unpaired) electrons. The summed E-state index contributed by atoms with van der Waals surface area (Å²) in [6.07, 6.45) is 0. The third kappa shape index (κ3) is 4.92. The summed E-state index contributed by atoms with van der Waals surface area (Å²) in [5.74, 6) is 0. The van der Waals surface area contributed by atoms with E-state index in [9.17, 15) is 0 Å². The highest BCUT2D eigenvalue weighted by molar-refractivity contribution is 7.80. The lowest BCUT2D eigenvalue weighted by atomic mass is 10.2. The second-order valence-electron chi connectivity index (χ2n) is 5.92. The standard InChI is InChI=1S/C18H23N5S/c1-22-11-13-23(14-12-22)21-18(24)20-17-9-7-16(8-10-17)19-15-5-3-2-4-6-15/h2-10,19H,11-14H2,1H3,(H2,20,21,24). The molecule has 2 aromatic rings. The van der Waals surface area contributed by atoms with Crippen LogP contribution in [0.2, 0.25) is 0 Å². The third-order valence-corrected chi connectivity index (χ3v) is 4.16. The predicted octanol–water partition coefficient (Wildman–Crippen LogP) is 2.88. The Morgan fingerprint density at radius 2 is 1.42 bits per heavy atom. The molecule has 0 spiro atoms. The average molecular weight is 341 g/mol. The van der Waals surface area contributed by atoms with Gasteiger partial charge in [0.15, 0.2) is 5.11 Å². The second-order valence-corrected chi connectivity index (χ2v) is 6.33. The summed E-state index contributed by atoms with van der Waals surface area (Å²) in [5, 5.41) is 9.38. The van der Waals surface area contributed by atoms with E-state index in [2.05, 4.69) is 33.0 Å². The molecule has 5 nitrogen and oxygen atoms in total. The maximum Gasteiger partial charge on any atom is 0.185 e. The number of piperazine rings is 1. The first-order valence-electron chi connectivity index (χ1n) is 8.12. The minimum Gasteiger partial charge on any atom is -0.356 e. The first-order valence-corrected chi connectivity index (χ1v) is 8.53. The number of likely N-dealkylation sites (N-methyl/N-ethyl adjacent to an activating group) is 1. The molecule has 0 amide bonds. The van der Waals surface area contributed by atoms with E-state index in [0.717, 1.165) is 43.2 Å². The smallest absolute Gasteiger partial charge is 0.185 e. The number of nitrogens with one attached hydrogen (secondary N) is 3. The van der Waals surface area contributed by atoms with Crippen molar-refractivity contribution in [3.8, 4) is 0 Å². The summed E-state index contributed by atoms with van der Waals surface area (Å²) in [7, 11) is 2.14. The largest absolute Gasteiger partial charge is 0.356 e. The number of hydrazine groups is 1. The molecule has 0 saturated carbocycles. The molecule has 0 aromatic heterocycles. The summed E-state index contributed by atoms with van der Waals surface area (Å²) in [5.41, 5.74) is 6.35. The topological polar surface area (TPSA) is 42.6 Å². The van der Waals surface area contributed by atoms with Crippen molar-refractivity contribution in [3.63, 3.8) is 0 Å². The number of rotatable bonds is 4. The summed E-state index contributed by atoms with van der Waals surface area (Å²) in [6.45, 7) is 4.04. The molecule has 0 bridgehead atoms. The minimum absolute atomic E-state index is 0.628. The van der Waals surface area contributed by atoms with Gasteiger partial charge in [0.1, 0.15) is 0 Å². The van der Waals surface area contributed by atoms with E-state index in [0.29, 0.717) is 5.11 Å². The van der Waals surface area contributed by atoms with E-state index in [4.69, 9.17) is 12.2 Å². The molecule has 3 rings (SSSR count). The van der Waals surface area contributed by atoms with Gasteiger partial charge in [0.25, 0.3) is 0 Å². The quantitative estimate of drug-likeness (QED) is 0.743. The van der Waals surface area contributed by atoms with E-state index in [1.54, 1.807) is 0 Å². The molecule has 24 heavy (non-hydrogen) atoms. The predicted molar refractivity (Wildman–Crippen MR) is 105 cm³/mol. The highest BCUT2D eigenvalue weighted by Crippen LogP contribution is 2.18. The highest BCUT2D eigenvalue weighted by atomic mass is 32.1. The van der Waals surface area contributed by atoms with Crippen LogP contribution in [0.4, 0.5) is 17.1 Å². The van der Waals surface area contributed by atoms with Crippen molar-refractivity contribution in [2.75, 3.05) is 43.9 Å². The van der Waals surface area contributed by atoms with Gasteiger partial charge in [0.2, 0.25) is 0 Å². The molecular weight excluding hydrogens is 318 g/mol. The maximum atomic E-state index is 5.39. The molecule has 0 atom stereocenters. The van der Waals surface area contributed by atoms with Crippen molar-refractivity contribution in [2.45, 2.75) is 0 Å². The molecule has 1 heterocycles. The first kappa shape index (κ1) is 16.7. The van der Waals surface area contributed by atoms with Crippen LogP contribution in [-0.4, -0.2) is 48.2 Å². The van der Waals surface area contributed by atoms with Crippen LogP contribution < -0.4 is 16.1 Å². The van der Waals surface area contributed by atoms with Gasteiger partial charge in [-0.2, -0.15) is 0 Å². The van der Waals surface area contributed by atoms with Crippen LogP contribution in [-0.2, 0) is 0 Å². The number of thiocarbonyl (C=S) groups is 1. The van der Waals surface area contributed by atoms with Crippen molar-refractivity contribution in [3.05, 3.63) is 54.6 Å². The Morgan fingerprint density at radius 3 is 2.08 bits per heavy atom. The monoisotopic (exact) mass is 341 g/mol. The lowest BCUT2D eigenvalue weighted by Crippen LogP contribution is -2.53. The lowest BCUT2D eigenvalue weighted by molar-refractivity contribution is 0.131. The van der Waals surface area contributed by atoms with Crippen LogP contribution in [0.5, 0.6) is 0 Å². The number of hydrogen-bond acceptors (Lipinski definition) is 4. The number of anilines is 3. The van der Waals surface area contributed by atoms with Gasteiger partial charge in [-0.25, -0.2) is 5.01 Å². The van der Waals surface area contributed by atoms with Gasteiger partial charge in [-0.3, -0.25) is 5.43 Å². The zero-order valence-corrected chi connectivity index (χ0v) is 14.6. The van der Waals surface area contributed by atoms with Crippen LogP contribution >= 0.6 is 12.2 Å². The van der Waals surface area contributed by atoms with Gasteiger partial charge >= 0.3 is 0 Å². The summed E-state index contributed by atoms with van der Waals surface area (Å²) in [4.78, 5) is 2.31. The summed E-state index contributed by atoms with van der Waals surface area (Å²) >= 11 is 5.39. The molecule has 6 heteroatoms. The Kier molecular flexibility index (Phi) is 5.63. The summed E-state index contributed by atoms with van der Waals surface area (Å²) < 4.78 is 0. The third-order valence-electron chi connectivity index (χ3n) is 3.97. The second kappa shape index (κ2) is 8.10. The fourth-order valence-electron chi connectivity index (χ4n) is 2.55. The average Bonchev–Trinajstić information content (AvgIpc) is 2.60. The fraction of sp³-hybridized carbons (Fsp3) is 0.278. The first-order chi connectivity index (χ1) is 11.7. The van der Waals surface area contributed by atoms with Crippen molar-refractivity contribution in [1.29, 1.82) is 0 Å². The molecule has 1 aliphatic heterocycles. The Hall–Kier alpha value is -2.15. The molecule has 126 valence electrons. The summed E-state index contributed by atoms with van der Waals surface area (Å²) in [6, 6.07) is 18.2. The number of benzene rings is 2. The lowest BCUT2D eigenvalue weighted by Gasteiger charge is -2.33. The molecule has 3 N–H and O–H groups in total. The number of para-hydroxylation sites is 1. The van der Waals surface area contributed by atoms with E-state index < -0.39 is 0 Å². The molecule has 1 saturated heterocycles. The zero-order valence-electron chi connectivity index (χ0n) is 13.8. The van der Waals surface area contributed by atoms with Crippen LogP contribution in [0.15, 0.2) is 54.6 Å². The van der Waals surface area contributed by atoms with Crippen molar-refractivity contribution >= 4 is 34.4 Å². The van der Waals surface area contributed by atoms with Gasteiger partial charge in [-0.1, -0.05) is 18.2 Å². The molecule has 2 aromatic carbocycles. The van der Waals surface area contributed by atoms with E-state index in [1.165, 1.54) is 0 Å². The number of hydrogen-bond donors (Lipinski definition) is 3. The van der Waals surface area contributed by atoms with Crippen molar-refractivity contribution in [2.24, 2.45) is 0 Å². The Balaban J connectivity index is 1.49. The normalized spacial score (nSPS) is 15.7.